The summed E-state index contributed by atoms with van der Waals surface area (Å²) in [6.07, 6.45) is 0. The number of nitrogens with zero attached hydrogens (tertiary/aromatic N) is 3. The number of nitrogens with one attached hydrogen (secondary N) is 2. The smallest absolute Gasteiger partial charge is 0.191 e. The van der Waals surface area contributed by atoms with E-state index >= 15 is 0 Å². The van der Waals surface area contributed by atoms with Crippen molar-refractivity contribution >= 4 is 29.9 Å². The van der Waals surface area contributed by atoms with E-state index in [1.54, 1.807) is 0 Å². The molecule has 0 saturated carbocycles. The van der Waals surface area contributed by atoms with E-state index < -0.39 is 0 Å². The quantitative estimate of drug-likeness (QED) is 0.289. The van der Waals surface area contributed by atoms with Gasteiger partial charge in [0.05, 0.1) is 19.3 Å². The van der Waals surface area contributed by atoms with E-state index in [4.69, 9.17) is 9.47 Å². The number of benzene rings is 1. The molecule has 0 radical (unpaired) electrons. The molecule has 2 atom stereocenters. The highest BCUT2D eigenvalue weighted by molar-refractivity contribution is 14.0. The van der Waals surface area contributed by atoms with Gasteiger partial charge in [0, 0.05) is 45.8 Å². The number of halogens is 1. The van der Waals surface area contributed by atoms with E-state index in [1.807, 2.05) is 33.0 Å². The van der Waals surface area contributed by atoms with Crippen LogP contribution in [0.2, 0.25) is 0 Å². The maximum absolute atomic E-state index is 5.76. The van der Waals surface area contributed by atoms with Crippen LogP contribution in [0.3, 0.4) is 0 Å². The van der Waals surface area contributed by atoms with Gasteiger partial charge in [-0.2, -0.15) is 0 Å². The third-order valence-electron chi connectivity index (χ3n) is 5.37. The van der Waals surface area contributed by atoms with Crippen molar-refractivity contribution in [3.8, 4) is 11.5 Å². The van der Waals surface area contributed by atoms with Crippen molar-refractivity contribution in [3.63, 3.8) is 0 Å². The molecule has 7 nitrogen and oxygen atoms in total. The fourth-order valence-corrected chi connectivity index (χ4v) is 3.46. The molecule has 172 valence electrons. The minimum atomic E-state index is 0. The van der Waals surface area contributed by atoms with E-state index in [0.29, 0.717) is 19.3 Å². The first-order chi connectivity index (χ1) is 14.0. The minimum Gasteiger partial charge on any atom is -0.490 e. The van der Waals surface area contributed by atoms with Crippen molar-refractivity contribution in [3.05, 3.63) is 23.8 Å². The predicted octanol–water partition coefficient (Wildman–Crippen LogP) is 2.96. The highest BCUT2D eigenvalue weighted by Gasteiger charge is 2.19. The van der Waals surface area contributed by atoms with Crippen LogP contribution in [0.25, 0.3) is 0 Å². The van der Waals surface area contributed by atoms with Gasteiger partial charge in [-0.15, -0.1) is 24.0 Å². The molecule has 2 unspecified atom stereocenters. The Kier molecular flexibility index (Phi) is 12.4. The summed E-state index contributed by atoms with van der Waals surface area (Å²) in [5.41, 5.74) is 1.13. The summed E-state index contributed by atoms with van der Waals surface area (Å²) in [4.78, 5) is 9.31. The van der Waals surface area contributed by atoms with Crippen LogP contribution in [0.5, 0.6) is 11.5 Å². The monoisotopic (exact) mass is 533 g/mol. The van der Waals surface area contributed by atoms with Gasteiger partial charge in [0.2, 0.25) is 0 Å². The van der Waals surface area contributed by atoms with Crippen LogP contribution in [0.4, 0.5) is 0 Å². The Morgan fingerprint density at radius 3 is 2.30 bits per heavy atom. The maximum atomic E-state index is 5.76. The van der Waals surface area contributed by atoms with Gasteiger partial charge < -0.3 is 25.0 Å². The van der Waals surface area contributed by atoms with Gasteiger partial charge in [0.15, 0.2) is 17.5 Å². The zero-order valence-corrected chi connectivity index (χ0v) is 21.7. The van der Waals surface area contributed by atoms with Crippen LogP contribution in [0.15, 0.2) is 23.2 Å². The predicted molar refractivity (Wildman–Crippen MR) is 136 cm³/mol. The van der Waals surface area contributed by atoms with E-state index in [1.165, 1.54) is 0 Å². The largest absolute Gasteiger partial charge is 0.490 e. The average molecular weight is 533 g/mol. The SMILES string of the molecule is CCOc1ccc(C(C)NC(=NC)NCC(C)N2CCN(C)CC2)cc1OCC.I. The van der Waals surface area contributed by atoms with Crippen LogP contribution in [-0.2, 0) is 0 Å². The second kappa shape index (κ2) is 13.9. The Bertz CT molecular complexity index is 650. The van der Waals surface area contributed by atoms with Gasteiger partial charge in [-0.1, -0.05) is 6.07 Å². The van der Waals surface area contributed by atoms with Gasteiger partial charge in [-0.25, -0.2) is 0 Å². The van der Waals surface area contributed by atoms with Crippen molar-refractivity contribution in [1.82, 2.24) is 20.4 Å². The Balaban J connectivity index is 0.00000450. The van der Waals surface area contributed by atoms with Crippen LogP contribution >= 0.6 is 24.0 Å². The lowest BCUT2D eigenvalue weighted by molar-refractivity contribution is 0.120. The Morgan fingerprint density at radius 1 is 1.07 bits per heavy atom. The standard InChI is InChI=1S/C22H39N5O2.HI/c1-7-28-20-10-9-19(15-21(20)29-8-2)18(4)25-22(23-5)24-16-17(3)27-13-11-26(6)12-14-27;/h9-10,15,17-18H,7-8,11-14,16H2,1-6H3,(H2,23,24,25);1H. The normalized spacial score (nSPS) is 17.6. The second-order valence-corrected chi connectivity index (χ2v) is 7.58. The summed E-state index contributed by atoms with van der Waals surface area (Å²) < 4.78 is 11.4. The number of piperazine rings is 1. The van der Waals surface area contributed by atoms with Crippen molar-refractivity contribution < 1.29 is 9.47 Å². The number of ether oxygens (including phenoxy) is 2. The zero-order chi connectivity index (χ0) is 21.2. The first-order valence-corrected chi connectivity index (χ1v) is 10.8. The van der Waals surface area contributed by atoms with Crippen LogP contribution < -0.4 is 20.1 Å². The molecule has 1 aromatic rings. The van der Waals surface area contributed by atoms with E-state index in [2.05, 4.69) is 52.4 Å². The third-order valence-corrected chi connectivity index (χ3v) is 5.37. The average Bonchev–Trinajstić information content (AvgIpc) is 2.72. The van der Waals surface area contributed by atoms with Crippen molar-refractivity contribution in [2.75, 3.05) is 60.0 Å². The first kappa shape index (κ1) is 26.8. The minimum absolute atomic E-state index is 0. The topological polar surface area (TPSA) is 61.4 Å². The molecule has 0 aliphatic carbocycles. The summed E-state index contributed by atoms with van der Waals surface area (Å²) in [7, 11) is 4.00. The summed E-state index contributed by atoms with van der Waals surface area (Å²) in [5, 5.41) is 6.96. The number of likely N-dealkylation sites (N-methyl/N-ethyl adjacent to an activating group) is 1. The summed E-state index contributed by atoms with van der Waals surface area (Å²) in [6, 6.07) is 6.66. The molecule has 8 heteroatoms. The fourth-order valence-electron chi connectivity index (χ4n) is 3.46. The van der Waals surface area contributed by atoms with Gasteiger partial charge >= 0.3 is 0 Å². The molecule has 30 heavy (non-hydrogen) atoms. The lowest BCUT2D eigenvalue weighted by Crippen LogP contribution is -2.52. The van der Waals surface area contributed by atoms with Crippen molar-refractivity contribution in [1.29, 1.82) is 0 Å². The van der Waals surface area contributed by atoms with Crippen LogP contribution in [0, 0.1) is 0 Å². The lowest BCUT2D eigenvalue weighted by Gasteiger charge is -2.36. The molecule has 2 rings (SSSR count). The molecule has 1 fully saturated rings. The zero-order valence-electron chi connectivity index (χ0n) is 19.4. The third kappa shape index (κ3) is 8.11. The summed E-state index contributed by atoms with van der Waals surface area (Å²) in [6.45, 7) is 15.0. The number of rotatable bonds is 9. The molecule has 1 aromatic carbocycles. The Hall–Kier alpha value is -1.26. The molecule has 1 aliphatic rings. The first-order valence-electron chi connectivity index (χ1n) is 10.8. The number of aliphatic imine (C=N–C) groups is 1. The molecular weight excluding hydrogens is 493 g/mol. The summed E-state index contributed by atoms with van der Waals surface area (Å²) in [5.74, 6) is 2.38. The van der Waals surface area contributed by atoms with Gasteiger partial charge in [0.25, 0.3) is 0 Å². The molecule has 1 aliphatic heterocycles. The van der Waals surface area contributed by atoms with E-state index in [-0.39, 0.29) is 30.0 Å². The fraction of sp³-hybridized carbons (Fsp3) is 0.682. The molecular formula is C22H40IN5O2. The van der Waals surface area contributed by atoms with Gasteiger partial charge in [-0.3, -0.25) is 9.89 Å². The van der Waals surface area contributed by atoms with Gasteiger partial charge in [0.1, 0.15) is 0 Å². The van der Waals surface area contributed by atoms with Crippen LogP contribution in [-0.4, -0.2) is 81.8 Å². The second-order valence-electron chi connectivity index (χ2n) is 7.58. The number of hydrogen-bond donors (Lipinski definition) is 2. The maximum Gasteiger partial charge on any atom is 0.191 e. The number of guanidine groups is 1. The highest BCUT2D eigenvalue weighted by atomic mass is 127. The van der Waals surface area contributed by atoms with Crippen LogP contribution in [0.1, 0.15) is 39.3 Å². The lowest BCUT2D eigenvalue weighted by atomic mass is 10.1. The molecule has 0 aromatic heterocycles. The Labute approximate surface area is 199 Å². The molecule has 2 N–H and O–H groups in total. The van der Waals surface area contributed by atoms with Crippen molar-refractivity contribution in [2.24, 2.45) is 4.99 Å². The molecule has 1 saturated heterocycles. The molecule has 0 amide bonds. The molecule has 1 heterocycles. The van der Waals surface area contributed by atoms with Crippen molar-refractivity contribution in [2.45, 2.75) is 39.8 Å². The number of hydrogen-bond acceptors (Lipinski definition) is 5. The van der Waals surface area contributed by atoms with E-state index in [0.717, 1.165) is 55.7 Å². The molecule has 0 bridgehead atoms. The summed E-state index contributed by atoms with van der Waals surface area (Å²) >= 11 is 0. The van der Waals surface area contributed by atoms with E-state index in [9.17, 15) is 0 Å². The molecule has 0 spiro atoms. The highest BCUT2D eigenvalue weighted by Crippen LogP contribution is 2.30. The van der Waals surface area contributed by atoms with Gasteiger partial charge in [-0.05, 0) is 52.4 Å². The Morgan fingerprint density at radius 2 is 1.70 bits per heavy atom.